The molecule has 0 N–H and O–H groups in total. The lowest BCUT2D eigenvalue weighted by Crippen LogP contribution is -2.38. The molecular weight excluding hydrogens is 358 g/mol. The number of hydrogen-bond donors (Lipinski definition) is 0. The first kappa shape index (κ1) is 16.3. The first-order chi connectivity index (χ1) is 10.8. The van der Waals surface area contributed by atoms with Crippen molar-refractivity contribution in [3.63, 3.8) is 0 Å². The molecule has 0 aliphatic carbocycles. The molecule has 0 saturated carbocycles. The Kier molecular flexibility index (Phi) is 4.12. The van der Waals surface area contributed by atoms with Gasteiger partial charge in [0.05, 0.1) is 0 Å². The van der Waals surface area contributed by atoms with Crippen LogP contribution < -0.4 is 0 Å². The predicted octanol–water partition coefficient (Wildman–Crippen LogP) is 3.67. The normalized spacial score (nSPS) is 15.4. The van der Waals surface area contributed by atoms with Gasteiger partial charge in [-0.2, -0.15) is 0 Å². The molecule has 0 spiro atoms. The minimum absolute atomic E-state index is 0.226. The summed E-state index contributed by atoms with van der Waals surface area (Å²) in [5.74, 6) is 0. The lowest BCUT2D eigenvalue weighted by Gasteiger charge is -2.26. The number of pyridine rings is 1. The van der Waals surface area contributed by atoms with Crippen molar-refractivity contribution >= 4 is 33.1 Å². The van der Waals surface area contributed by atoms with Crippen molar-refractivity contribution in [1.82, 2.24) is 14.5 Å². The molecule has 3 heterocycles. The van der Waals surface area contributed by atoms with Crippen LogP contribution in [-0.4, -0.2) is 39.2 Å². The highest BCUT2D eigenvalue weighted by Gasteiger charge is 2.26. The molecule has 124 valence electrons. The van der Waals surface area contributed by atoms with Crippen LogP contribution in [0.15, 0.2) is 16.7 Å². The highest BCUT2D eigenvalue weighted by molar-refractivity contribution is 9.10. The van der Waals surface area contributed by atoms with Gasteiger partial charge >= 0.3 is 6.09 Å². The smallest absolute Gasteiger partial charge is 0.410 e. The Bertz CT molecular complexity index is 761. The molecule has 5 nitrogen and oxygen atoms in total. The molecule has 1 aliphatic heterocycles. The van der Waals surface area contributed by atoms with Gasteiger partial charge in [0.2, 0.25) is 0 Å². The van der Waals surface area contributed by atoms with E-state index in [0.717, 1.165) is 23.1 Å². The maximum atomic E-state index is 12.3. The Labute approximate surface area is 144 Å². The summed E-state index contributed by atoms with van der Waals surface area (Å²) in [6.07, 6.45) is 1.42. The number of rotatable bonds is 0. The first-order valence-electron chi connectivity index (χ1n) is 7.87. The van der Waals surface area contributed by atoms with Crippen LogP contribution in [0, 0.1) is 0 Å². The number of halogens is 1. The molecule has 2 aromatic rings. The van der Waals surface area contributed by atoms with E-state index in [1.165, 1.54) is 16.6 Å². The quantitative estimate of drug-likeness (QED) is 0.656. The van der Waals surface area contributed by atoms with Crippen LogP contribution in [-0.2, 0) is 24.6 Å². The third-order valence-corrected chi connectivity index (χ3v) is 4.58. The van der Waals surface area contributed by atoms with Crippen molar-refractivity contribution in [2.24, 2.45) is 7.05 Å². The van der Waals surface area contributed by atoms with Gasteiger partial charge in [-0.05, 0) is 60.8 Å². The molecule has 23 heavy (non-hydrogen) atoms. The molecule has 0 fully saturated rings. The van der Waals surface area contributed by atoms with Crippen molar-refractivity contribution in [2.45, 2.75) is 39.2 Å². The molecule has 0 bridgehead atoms. The van der Waals surface area contributed by atoms with Crippen LogP contribution in [0.4, 0.5) is 4.79 Å². The lowest BCUT2D eigenvalue weighted by atomic mass is 10.1. The largest absolute Gasteiger partial charge is 0.444 e. The Morgan fingerprint density at radius 3 is 2.65 bits per heavy atom. The molecule has 0 saturated heterocycles. The van der Waals surface area contributed by atoms with Gasteiger partial charge in [0.15, 0.2) is 0 Å². The van der Waals surface area contributed by atoms with Gasteiger partial charge in [-0.1, -0.05) is 0 Å². The van der Waals surface area contributed by atoms with Crippen molar-refractivity contribution in [3.8, 4) is 0 Å². The summed E-state index contributed by atoms with van der Waals surface area (Å²) in [7, 11) is 2.05. The summed E-state index contributed by atoms with van der Waals surface area (Å²) >= 11 is 3.44. The lowest BCUT2D eigenvalue weighted by molar-refractivity contribution is 0.0258. The number of nitrogens with zero attached hydrogens (tertiary/aromatic N) is 3. The summed E-state index contributed by atoms with van der Waals surface area (Å²) in [5.41, 5.74) is 3.10. The van der Waals surface area contributed by atoms with Crippen molar-refractivity contribution in [3.05, 3.63) is 28.0 Å². The predicted molar refractivity (Wildman–Crippen MR) is 93.6 cm³/mol. The third-order valence-electron chi connectivity index (χ3n) is 4.14. The van der Waals surface area contributed by atoms with Gasteiger partial charge in [-0.15, -0.1) is 0 Å². The van der Waals surface area contributed by atoms with E-state index in [1.54, 1.807) is 0 Å². The second-order valence-corrected chi connectivity index (χ2v) is 7.77. The number of carbonyl (C=O) groups is 1. The van der Waals surface area contributed by atoms with E-state index in [2.05, 4.69) is 31.5 Å². The van der Waals surface area contributed by atoms with Crippen LogP contribution in [0.3, 0.4) is 0 Å². The second kappa shape index (κ2) is 5.82. The average molecular weight is 380 g/mol. The fraction of sp³-hybridized carbons (Fsp3) is 0.529. The van der Waals surface area contributed by atoms with Crippen LogP contribution >= 0.6 is 15.9 Å². The summed E-state index contributed by atoms with van der Waals surface area (Å²) in [6, 6.07) is 4.08. The SMILES string of the molecule is Cn1c2c(c3ccc(Br)nc31)CCN(C(=O)OC(C)(C)C)CC2. The minimum atomic E-state index is -0.459. The number of ether oxygens (including phenoxy) is 1. The number of carbonyl (C=O) groups excluding carboxylic acids is 1. The van der Waals surface area contributed by atoms with Crippen molar-refractivity contribution < 1.29 is 9.53 Å². The zero-order chi connectivity index (χ0) is 16.8. The summed E-state index contributed by atoms with van der Waals surface area (Å²) < 4.78 is 8.49. The van der Waals surface area contributed by atoms with Gasteiger partial charge < -0.3 is 14.2 Å². The minimum Gasteiger partial charge on any atom is -0.444 e. The molecule has 0 atom stereocenters. The Hall–Kier alpha value is -1.56. The van der Waals surface area contributed by atoms with Gasteiger partial charge in [-0.3, -0.25) is 0 Å². The van der Waals surface area contributed by atoms with E-state index in [4.69, 9.17) is 4.74 Å². The average Bonchev–Trinajstić information content (AvgIpc) is 2.62. The summed E-state index contributed by atoms with van der Waals surface area (Å²) in [4.78, 5) is 18.7. The van der Waals surface area contributed by atoms with Crippen LogP contribution in [0.2, 0.25) is 0 Å². The zero-order valence-electron chi connectivity index (χ0n) is 14.0. The van der Waals surface area contributed by atoms with E-state index >= 15 is 0 Å². The number of aromatic nitrogens is 2. The second-order valence-electron chi connectivity index (χ2n) is 6.96. The maximum absolute atomic E-state index is 12.3. The van der Waals surface area contributed by atoms with E-state index < -0.39 is 5.60 Å². The number of hydrogen-bond acceptors (Lipinski definition) is 3. The van der Waals surface area contributed by atoms with E-state index in [9.17, 15) is 4.79 Å². The summed E-state index contributed by atoms with van der Waals surface area (Å²) in [5, 5.41) is 1.18. The molecule has 1 aliphatic rings. The van der Waals surface area contributed by atoms with Crippen LogP contribution in [0.25, 0.3) is 11.0 Å². The van der Waals surface area contributed by atoms with Gasteiger partial charge in [0.1, 0.15) is 15.9 Å². The molecule has 0 aromatic carbocycles. The zero-order valence-corrected chi connectivity index (χ0v) is 15.6. The van der Waals surface area contributed by atoms with Crippen molar-refractivity contribution in [2.75, 3.05) is 13.1 Å². The Balaban J connectivity index is 1.87. The number of aryl methyl sites for hydroxylation is 1. The molecule has 0 radical (unpaired) electrons. The fourth-order valence-electron chi connectivity index (χ4n) is 3.11. The number of fused-ring (bicyclic) bond motifs is 3. The van der Waals surface area contributed by atoms with E-state index in [0.29, 0.717) is 13.1 Å². The third kappa shape index (κ3) is 3.22. The molecule has 6 heteroatoms. The molecular formula is C17H22BrN3O2. The standard InChI is InChI=1S/C17H22BrN3O2/c1-17(2,3)23-16(22)21-9-7-11-12-5-6-14(18)19-15(12)20(4)13(11)8-10-21/h5-6H,7-10H2,1-4H3. The maximum Gasteiger partial charge on any atom is 0.410 e. The molecule has 1 amide bonds. The highest BCUT2D eigenvalue weighted by Crippen LogP contribution is 2.28. The summed E-state index contributed by atoms with van der Waals surface area (Å²) in [6.45, 7) is 7.04. The van der Waals surface area contributed by atoms with Gasteiger partial charge in [-0.25, -0.2) is 9.78 Å². The highest BCUT2D eigenvalue weighted by atomic mass is 79.9. The molecule has 0 unspecified atom stereocenters. The monoisotopic (exact) mass is 379 g/mol. The van der Waals surface area contributed by atoms with Crippen molar-refractivity contribution in [1.29, 1.82) is 0 Å². The molecule has 2 aromatic heterocycles. The Morgan fingerprint density at radius 1 is 1.26 bits per heavy atom. The number of amides is 1. The van der Waals surface area contributed by atoms with Gasteiger partial charge in [0.25, 0.3) is 0 Å². The fourth-order valence-corrected chi connectivity index (χ4v) is 3.41. The topological polar surface area (TPSA) is 47.4 Å². The van der Waals surface area contributed by atoms with Crippen LogP contribution in [0.1, 0.15) is 32.0 Å². The van der Waals surface area contributed by atoms with Crippen LogP contribution in [0.5, 0.6) is 0 Å². The molecule has 3 rings (SSSR count). The van der Waals surface area contributed by atoms with Gasteiger partial charge in [0, 0.05) is 37.6 Å². The first-order valence-corrected chi connectivity index (χ1v) is 8.66. The van der Waals surface area contributed by atoms with E-state index in [-0.39, 0.29) is 6.09 Å². The Morgan fingerprint density at radius 2 is 1.96 bits per heavy atom. The van der Waals surface area contributed by atoms with E-state index in [1.807, 2.05) is 38.8 Å².